The number of carbonyl (C=O) groups is 5. The van der Waals surface area contributed by atoms with Crippen LogP contribution in [0.2, 0.25) is 0 Å². The van der Waals surface area contributed by atoms with Crippen molar-refractivity contribution in [2.75, 3.05) is 6.61 Å². The molecule has 6 unspecified atom stereocenters. The van der Waals surface area contributed by atoms with Crippen molar-refractivity contribution >= 4 is 52.9 Å². The number of carboxylic acid groups (broad SMARTS) is 4. The van der Waals surface area contributed by atoms with E-state index in [0.29, 0.717) is 53.7 Å². The molecule has 0 bridgehead atoms. The van der Waals surface area contributed by atoms with Gasteiger partial charge >= 0.3 is 23.9 Å². The van der Waals surface area contributed by atoms with E-state index in [1.807, 2.05) is 6.92 Å². The van der Waals surface area contributed by atoms with E-state index in [9.17, 15) is 44.4 Å². The highest BCUT2D eigenvalue weighted by molar-refractivity contribution is 7.78. The van der Waals surface area contributed by atoms with Gasteiger partial charge in [0.25, 0.3) is 5.91 Å². The van der Waals surface area contributed by atoms with Crippen LogP contribution in [0.15, 0.2) is 59.6 Å². The third-order valence-electron chi connectivity index (χ3n) is 9.93. The van der Waals surface area contributed by atoms with Gasteiger partial charge in [-0.25, -0.2) is 4.79 Å². The molecule has 53 heavy (non-hydrogen) atoms. The number of aromatic nitrogens is 2. The van der Waals surface area contributed by atoms with Crippen molar-refractivity contribution in [1.82, 2.24) is 25.1 Å². The molecule has 17 heteroatoms. The summed E-state index contributed by atoms with van der Waals surface area (Å²) in [4.78, 5) is 78.6. The number of carboxylic acids is 4. The summed E-state index contributed by atoms with van der Waals surface area (Å²) >= 11 is 4.62. The first-order valence-electron chi connectivity index (χ1n) is 16.9. The second-order valence-corrected chi connectivity index (χ2v) is 13.3. The van der Waals surface area contributed by atoms with Gasteiger partial charge in [-0.15, -0.1) is 0 Å². The molecule has 0 saturated carbocycles. The summed E-state index contributed by atoms with van der Waals surface area (Å²) in [6.07, 6.45) is 0.942. The predicted octanol–water partition coefficient (Wildman–Crippen LogP) is 2.87. The summed E-state index contributed by atoms with van der Waals surface area (Å²) in [7, 11) is 0. The fourth-order valence-electron chi connectivity index (χ4n) is 7.43. The zero-order valence-corrected chi connectivity index (χ0v) is 29.4. The number of isothiocyanates is 1. The molecule has 1 aromatic carbocycles. The number of amides is 1. The van der Waals surface area contributed by atoms with Crippen LogP contribution in [0.5, 0.6) is 5.75 Å². The van der Waals surface area contributed by atoms with Crippen LogP contribution >= 0.6 is 12.2 Å². The van der Waals surface area contributed by atoms with E-state index in [0.717, 1.165) is 0 Å². The van der Waals surface area contributed by atoms with Crippen LogP contribution in [0.4, 0.5) is 5.69 Å². The van der Waals surface area contributed by atoms with Gasteiger partial charge in [0.2, 0.25) is 0 Å². The third-order valence-corrected chi connectivity index (χ3v) is 10.0. The second-order valence-electron chi connectivity index (χ2n) is 13.1. The number of rotatable bonds is 18. The number of benzene rings is 1. The lowest BCUT2D eigenvalue weighted by atomic mass is 9.94. The number of thiocarbonyl (C=S) groups is 1. The number of ether oxygens (including phenoxy) is 1. The minimum atomic E-state index is -2.07. The van der Waals surface area contributed by atoms with Crippen molar-refractivity contribution in [2.24, 2.45) is 4.99 Å². The minimum Gasteiger partial charge on any atom is -0.494 e. The molecular weight excluding hydrogens is 708 g/mol. The summed E-state index contributed by atoms with van der Waals surface area (Å²) in [5, 5.41) is 44.9. The van der Waals surface area contributed by atoms with Gasteiger partial charge in [-0.1, -0.05) is 19.4 Å². The largest absolute Gasteiger partial charge is 0.494 e. The van der Waals surface area contributed by atoms with E-state index in [2.05, 4.69) is 32.7 Å². The molecule has 3 aliphatic heterocycles. The lowest BCUT2D eigenvalue weighted by Crippen LogP contribution is -2.61. The van der Waals surface area contributed by atoms with Gasteiger partial charge in [-0.05, 0) is 68.4 Å². The maximum atomic E-state index is 13.5. The number of hydrogen-bond acceptors (Lipinski definition) is 12. The molecule has 5 heterocycles. The minimum absolute atomic E-state index is 0.0233. The number of nitrogens with zero attached hydrogens (tertiary/aromatic N) is 5. The smallest absolute Gasteiger partial charge is 0.344 e. The van der Waals surface area contributed by atoms with Gasteiger partial charge in [0, 0.05) is 48.0 Å². The van der Waals surface area contributed by atoms with Crippen LogP contribution in [0.25, 0.3) is 11.4 Å². The number of fused-ring (bicyclic) bond motifs is 1. The van der Waals surface area contributed by atoms with Gasteiger partial charge in [-0.2, -0.15) is 4.99 Å². The Balaban J connectivity index is 1.29. The number of carbonyl (C=O) groups excluding carboxylic acids is 1. The van der Waals surface area contributed by atoms with Gasteiger partial charge in [0.1, 0.15) is 23.9 Å². The van der Waals surface area contributed by atoms with Crippen molar-refractivity contribution in [3.8, 4) is 17.1 Å². The molecule has 3 saturated heterocycles. The molecule has 0 spiro atoms. The Bertz CT molecular complexity index is 2020. The standard InChI is InChI=1S/C36H36N6O10S/c1-3-5-13-36(34(50)51,40-30(43)19-9-11-20(12-10-19)37-18-53)41-26(27(41)31(44)45)15-22-14-23(52-4-2)16-25(39-22)24-8-6-7-21(38-24)17-35-28(32(46)47)42(35)29(35)33(48)49/h6-12,14,16,26-29H,3-5,13,15,17H2,1-2H3,(H,40,43)(H,44,45)(H,46,47)(H,48,49)(H,50,51). The summed E-state index contributed by atoms with van der Waals surface area (Å²) in [6, 6.07) is 10.3. The molecule has 1 amide bonds. The predicted molar refractivity (Wildman–Crippen MR) is 189 cm³/mol. The van der Waals surface area contributed by atoms with Crippen molar-refractivity contribution in [3.63, 3.8) is 0 Å². The Morgan fingerprint density at radius 3 is 2.21 bits per heavy atom. The van der Waals surface area contributed by atoms with Crippen molar-refractivity contribution in [3.05, 3.63) is 71.5 Å². The fraction of sp³-hybridized carbons (Fsp3) is 0.389. The molecule has 3 aliphatic rings. The normalized spacial score (nSPS) is 25.8. The quantitative estimate of drug-likeness (QED) is 0.0716. The van der Waals surface area contributed by atoms with Crippen LogP contribution in [0, 0.1) is 0 Å². The second kappa shape index (κ2) is 14.4. The Morgan fingerprint density at radius 1 is 0.943 bits per heavy atom. The summed E-state index contributed by atoms with van der Waals surface area (Å²) < 4.78 is 5.80. The average Bonchev–Trinajstić information content (AvgIpc) is 4.05. The van der Waals surface area contributed by atoms with Gasteiger partial charge in [0.05, 0.1) is 34.4 Å². The van der Waals surface area contributed by atoms with Crippen LogP contribution in [-0.2, 0) is 32.0 Å². The maximum absolute atomic E-state index is 13.5. The molecule has 0 aliphatic carbocycles. The van der Waals surface area contributed by atoms with E-state index in [1.54, 1.807) is 37.3 Å². The SMILES string of the molecule is CCCCC(NC(=O)c1ccc(N=C=S)cc1)(C(=O)O)N1C(Cc2cc(OCC)cc(-c3cccc(CC45C(C(=O)O)N4C5C(=O)O)n3)n2)C1C(=O)O. The number of pyridine rings is 2. The van der Waals surface area contributed by atoms with Crippen LogP contribution in [0.1, 0.15) is 54.9 Å². The first kappa shape index (κ1) is 37.2. The highest BCUT2D eigenvalue weighted by Crippen LogP contribution is 2.65. The fourth-order valence-corrected chi connectivity index (χ4v) is 7.54. The van der Waals surface area contributed by atoms with Crippen LogP contribution in [0.3, 0.4) is 0 Å². The zero-order valence-electron chi connectivity index (χ0n) is 28.6. The molecule has 0 radical (unpaired) electrons. The van der Waals surface area contributed by atoms with E-state index in [-0.39, 0.29) is 24.8 Å². The number of nitrogens with one attached hydrogen (secondary N) is 1. The third kappa shape index (κ3) is 6.87. The Kier molecular flexibility index (Phi) is 10.1. The van der Waals surface area contributed by atoms with Gasteiger partial charge in [0.15, 0.2) is 5.66 Å². The van der Waals surface area contributed by atoms with Crippen molar-refractivity contribution < 1.29 is 49.1 Å². The Morgan fingerprint density at radius 2 is 1.62 bits per heavy atom. The molecule has 5 N–H and O–H groups in total. The Hall–Kier alpha value is -5.61. The first-order valence-corrected chi connectivity index (χ1v) is 17.3. The lowest BCUT2D eigenvalue weighted by molar-refractivity contribution is -0.152. The molecule has 6 atom stereocenters. The van der Waals surface area contributed by atoms with Crippen LogP contribution < -0.4 is 10.1 Å². The molecule has 3 fully saturated rings. The average molecular weight is 745 g/mol. The topological polar surface area (TPSA) is 232 Å². The summed E-state index contributed by atoms with van der Waals surface area (Å²) in [5.41, 5.74) is -0.954. The molecular formula is C36H36N6O10S. The highest BCUT2D eigenvalue weighted by atomic mass is 32.1. The number of unbranched alkanes of at least 4 members (excludes halogenated alkanes) is 1. The van der Waals surface area contributed by atoms with Crippen LogP contribution in [-0.4, -0.2) is 117 Å². The lowest BCUT2D eigenvalue weighted by Gasteiger charge is -2.33. The summed E-state index contributed by atoms with van der Waals surface area (Å²) in [6.45, 7) is 3.93. The van der Waals surface area contributed by atoms with E-state index in [4.69, 9.17) is 9.72 Å². The highest BCUT2D eigenvalue weighted by Gasteiger charge is 2.90. The van der Waals surface area contributed by atoms with Gasteiger partial charge < -0.3 is 30.5 Å². The monoisotopic (exact) mass is 744 g/mol. The molecule has 276 valence electrons. The van der Waals surface area contributed by atoms with Crippen molar-refractivity contribution in [2.45, 2.75) is 81.3 Å². The van der Waals surface area contributed by atoms with Crippen molar-refractivity contribution in [1.29, 1.82) is 0 Å². The van der Waals surface area contributed by atoms with Gasteiger partial charge in [-0.3, -0.25) is 38.9 Å². The molecule has 2 aromatic heterocycles. The molecule has 6 rings (SSSR count). The number of hydrogen-bond donors (Lipinski definition) is 5. The summed E-state index contributed by atoms with van der Waals surface area (Å²) in [5.74, 6) is -5.20. The number of aliphatic carboxylic acids is 4. The first-order chi connectivity index (χ1) is 25.3. The molecule has 3 aromatic rings. The Labute approximate surface area is 308 Å². The van der Waals surface area contributed by atoms with E-state index in [1.165, 1.54) is 34.1 Å². The molecule has 16 nitrogen and oxygen atoms in total. The maximum Gasteiger partial charge on any atom is 0.344 e. The van der Waals surface area contributed by atoms with E-state index >= 15 is 0 Å². The number of aliphatic imine (C=N–C) groups is 1. The zero-order chi connectivity index (χ0) is 38.2. The van der Waals surface area contributed by atoms with E-state index < -0.39 is 65.2 Å².